The van der Waals surface area contributed by atoms with Gasteiger partial charge in [0.05, 0.1) is 5.56 Å². The van der Waals surface area contributed by atoms with Crippen LogP contribution in [-0.2, 0) is 6.54 Å². The molecule has 4 aliphatic carbocycles. The minimum atomic E-state index is -0.639. The van der Waals surface area contributed by atoms with E-state index in [1.165, 1.54) is 38.5 Å². The van der Waals surface area contributed by atoms with Gasteiger partial charge in [-0.05, 0) is 97.4 Å². The summed E-state index contributed by atoms with van der Waals surface area (Å²) in [4.78, 5) is 15.8. The summed E-state index contributed by atoms with van der Waals surface area (Å²) in [5, 5.41) is 16.8. The predicted octanol–water partition coefficient (Wildman–Crippen LogP) is 6.45. The van der Waals surface area contributed by atoms with E-state index >= 15 is 0 Å². The van der Waals surface area contributed by atoms with Crippen LogP contribution in [0.2, 0.25) is 5.02 Å². The van der Waals surface area contributed by atoms with Crippen LogP contribution < -0.4 is 10.1 Å². The summed E-state index contributed by atoms with van der Waals surface area (Å²) in [7, 11) is 0. The molecule has 6 heteroatoms. The number of ether oxygens (including phenoxy) is 1. The van der Waals surface area contributed by atoms with E-state index in [2.05, 4.69) is 35.3 Å². The Morgan fingerprint density at radius 1 is 1.05 bits per heavy atom. The lowest BCUT2D eigenvalue weighted by atomic mass is 9.52. The van der Waals surface area contributed by atoms with Gasteiger partial charge < -0.3 is 15.2 Å². The monoisotopic (exact) mass is 546 g/mol. The van der Waals surface area contributed by atoms with Gasteiger partial charge in [-0.1, -0.05) is 61.0 Å². The molecule has 39 heavy (non-hydrogen) atoms. The number of carbonyl (C=O) groups excluding carboxylic acids is 1. The summed E-state index contributed by atoms with van der Waals surface area (Å²) in [6.07, 6.45) is 7.41. The van der Waals surface area contributed by atoms with Crippen molar-refractivity contribution in [3.8, 4) is 5.75 Å². The summed E-state index contributed by atoms with van der Waals surface area (Å²) < 4.78 is 6.07. The summed E-state index contributed by atoms with van der Waals surface area (Å²) in [6.45, 7) is 4.27. The number of β-amino-alcohol motifs (C(OH)–C–C–N with tert-alkyl or cyclic N) is 1. The fourth-order valence-electron chi connectivity index (χ4n) is 8.13. The Balaban J connectivity index is 1.10. The molecule has 4 saturated carbocycles. The number of rotatable bonds is 10. The zero-order valence-corrected chi connectivity index (χ0v) is 23.5. The first-order valence-corrected chi connectivity index (χ1v) is 14.9. The fraction of sp³-hybridized carbons (Fsp3) is 0.485. The molecule has 0 aliphatic heterocycles. The van der Waals surface area contributed by atoms with Crippen molar-refractivity contribution in [3.05, 3.63) is 76.8 Å². The fourth-order valence-corrected chi connectivity index (χ4v) is 8.30. The van der Waals surface area contributed by atoms with Crippen molar-refractivity contribution >= 4 is 28.3 Å². The number of benzene rings is 3. The molecule has 3 aromatic carbocycles. The van der Waals surface area contributed by atoms with Crippen LogP contribution in [0.15, 0.2) is 60.7 Å². The number of aliphatic hydroxyl groups excluding tert-OH is 1. The van der Waals surface area contributed by atoms with E-state index in [-0.39, 0.29) is 18.1 Å². The quantitative estimate of drug-likeness (QED) is 0.306. The molecule has 2 N–H and O–H groups in total. The van der Waals surface area contributed by atoms with Gasteiger partial charge in [-0.3, -0.25) is 9.69 Å². The van der Waals surface area contributed by atoms with Gasteiger partial charge in [0.2, 0.25) is 0 Å². The Kier molecular flexibility index (Phi) is 7.58. The minimum absolute atomic E-state index is 0.133. The van der Waals surface area contributed by atoms with E-state index in [0.717, 1.165) is 40.6 Å². The van der Waals surface area contributed by atoms with Gasteiger partial charge in [-0.25, -0.2) is 0 Å². The lowest BCUT2D eigenvalue weighted by Gasteiger charge is -2.60. The van der Waals surface area contributed by atoms with E-state index in [0.29, 0.717) is 29.4 Å². The zero-order chi connectivity index (χ0) is 27.0. The van der Waals surface area contributed by atoms with Crippen molar-refractivity contribution in [3.63, 3.8) is 0 Å². The van der Waals surface area contributed by atoms with Crippen LogP contribution in [0.3, 0.4) is 0 Å². The number of fused-ring (bicyclic) bond motifs is 1. The van der Waals surface area contributed by atoms with Crippen molar-refractivity contribution in [2.75, 3.05) is 19.7 Å². The van der Waals surface area contributed by atoms with E-state index in [9.17, 15) is 9.90 Å². The van der Waals surface area contributed by atoms with Crippen LogP contribution in [0.1, 0.15) is 61.4 Å². The normalized spacial score (nSPS) is 26.2. The van der Waals surface area contributed by atoms with Gasteiger partial charge in [0, 0.05) is 23.7 Å². The number of hydrogen-bond donors (Lipinski definition) is 2. The highest BCUT2D eigenvalue weighted by atomic mass is 35.5. The topological polar surface area (TPSA) is 61.8 Å². The molecule has 4 aliphatic rings. The average molecular weight is 547 g/mol. The summed E-state index contributed by atoms with van der Waals surface area (Å²) in [5.41, 5.74) is 1.67. The number of hydrogen-bond acceptors (Lipinski definition) is 4. The minimum Gasteiger partial charge on any atom is -0.490 e. The smallest absolute Gasteiger partial charge is 0.255 e. The third-order valence-electron chi connectivity index (χ3n) is 9.43. The van der Waals surface area contributed by atoms with Gasteiger partial charge >= 0.3 is 0 Å². The molecule has 1 atom stereocenters. The maximum atomic E-state index is 13.2. The molecule has 0 aromatic heterocycles. The summed E-state index contributed by atoms with van der Waals surface area (Å²) in [6, 6.07) is 19.3. The van der Waals surface area contributed by atoms with Gasteiger partial charge in [-0.15, -0.1) is 0 Å². The molecule has 4 bridgehead atoms. The molecule has 3 aromatic rings. The van der Waals surface area contributed by atoms with Crippen molar-refractivity contribution in [1.29, 1.82) is 0 Å². The molecule has 0 radical (unpaired) electrons. The molecule has 0 spiro atoms. The van der Waals surface area contributed by atoms with Gasteiger partial charge in [0.25, 0.3) is 5.91 Å². The van der Waals surface area contributed by atoms with E-state index in [4.69, 9.17) is 16.3 Å². The summed E-state index contributed by atoms with van der Waals surface area (Å²) in [5.74, 6) is 2.78. The van der Waals surface area contributed by atoms with E-state index in [1.54, 1.807) is 18.2 Å². The number of amides is 1. The molecule has 1 unspecified atom stereocenters. The highest BCUT2D eigenvalue weighted by Gasteiger charge is 2.53. The van der Waals surface area contributed by atoms with Crippen LogP contribution in [-0.4, -0.2) is 47.3 Å². The summed E-state index contributed by atoms with van der Waals surface area (Å²) >= 11 is 6.26. The number of nitrogens with zero attached hydrogens (tertiary/aromatic N) is 1. The third-order valence-corrected chi connectivity index (χ3v) is 9.66. The number of aliphatic hydroxyl groups is 1. The third kappa shape index (κ3) is 5.54. The maximum Gasteiger partial charge on any atom is 0.255 e. The highest BCUT2D eigenvalue weighted by Crippen LogP contribution is 2.57. The lowest BCUT2D eigenvalue weighted by molar-refractivity contribution is -0.0995. The first-order chi connectivity index (χ1) is 18.9. The maximum absolute atomic E-state index is 13.2. The molecule has 4 fully saturated rings. The predicted molar refractivity (Wildman–Crippen MR) is 156 cm³/mol. The Morgan fingerprint density at radius 3 is 2.46 bits per heavy atom. The lowest BCUT2D eigenvalue weighted by Crippen LogP contribution is -2.61. The zero-order valence-electron chi connectivity index (χ0n) is 22.7. The Morgan fingerprint density at radius 2 is 1.74 bits per heavy atom. The molecule has 206 valence electrons. The first kappa shape index (κ1) is 26.6. The van der Waals surface area contributed by atoms with Crippen LogP contribution in [0, 0.1) is 17.8 Å². The van der Waals surface area contributed by atoms with Gasteiger partial charge in [0.1, 0.15) is 18.5 Å². The first-order valence-electron chi connectivity index (χ1n) is 14.5. The van der Waals surface area contributed by atoms with Crippen LogP contribution in [0.4, 0.5) is 0 Å². The molecule has 0 saturated heterocycles. The number of carbonyl (C=O) groups is 1. The Bertz CT molecular complexity index is 1300. The van der Waals surface area contributed by atoms with E-state index < -0.39 is 6.10 Å². The Labute approximate surface area is 236 Å². The van der Waals surface area contributed by atoms with Crippen LogP contribution >= 0.6 is 11.6 Å². The number of nitrogens with one attached hydrogen (secondary N) is 1. The van der Waals surface area contributed by atoms with Crippen LogP contribution in [0.25, 0.3) is 10.8 Å². The van der Waals surface area contributed by atoms with Crippen LogP contribution in [0.5, 0.6) is 5.75 Å². The largest absolute Gasteiger partial charge is 0.490 e. The van der Waals surface area contributed by atoms with Crippen molar-refractivity contribution in [1.82, 2.24) is 10.2 Å². The highest BCUT2D eigenvalue weighted by molar-refractivity contribution is 6.31. The van der Waals surface area contributed by atoms with Crippen molar-refractivity contribution in [2.45, 2.75) is 63.6 Å². The number of halogens is 1. The molecule has 7 rings (SSSR count). The molecule has 1 amide bonds. The molecule has 0 heterocycles. The SMILES string of the molecule is CCN(CC(O)COc1ccc(Cl)cc1C(=O)NCc1cccc2ccccc12)C12CC3CC(CC(C3)C1)C2. The number of likely N-dealkylation sites (N-methyl/N-ethyl adjacent to an activating group) is 1. The average Bonchev–Trinajstić information content (AvgIpc) is 2.93. The second-order valence-corrected chi connectivity index (χ2v) is 12.5. The van der Waals surface area contributed by atoms with Crippen molar-refractivity contribution < 1.29 is 14.6 Å². The van der Waals surface area contributed by atoms with Crippen molar-refractivity contribution in [2.24, 2.45) is 17.8 Å². The standard InChI is InChI=1S/C33H39ClN2O3/c1-2-36(33-16-22-12-23(17-33)14-24(13-22)18-33)20-28(37)21-39-31-11-10-27(34)15-30(31)32(38)35-19-26-8-5-7-25-6-3-4-9-29(25)26/h3-11,15,22-24,28,37H,2,12-14,16-21H2,1H3,(H,35,38). The van der Waals surface area contributed by atoms with E-state index in [1.807, 2.05) is 24.3 Å². The second kappa shape index (κ2) is 11.1. The molecule has 5 nitrogen and oxygen atoms in total. The second-order valence-electron chi connectivity index (χ2n) is 12.1. The molecular formula is C33H39ClN2O3. The van der Waals surface area contributed by atoms with Gasteiger partial charge in [0.15, 0.2) is 0 Å². The molecular weight excluding hydrogens is 508 g/mol. The van der Waals surface area contributed by atoms with Gasteiger partial charge in [-0.2, -0.15) is 0 Å². The Hall–Kier alpha value is -2.60.